The minimum Gasteiger partial charge on any atom is -0.0856 e. The maximum atomic E-state index is 3.81. The highest BCUT2D eigenvalue weighted by Gasteiger charge is 1.85. The minimum atomic E-state index is 1.04. The van der Waals surface area contributed by atoms with Crippen LogP contribution >= 0.6 is 0 Å². The number of unbranched alkanes of at least 4 members (excludes halogenated alkanes) is 2. The van der Waals surface area contributed by atoms with Gasteiger partial charge in [-0.15, -0.1) is 0 Å². The van der Waals surface area contributed by atoms with Crippen LogP contribution in [-0.4, -0.2) is 0 Å². The summed E-state index contributed by atoms with van der Waals surface area (Å²) in [5.41, 5.74) is 1.50. The van der Waals surface area contributed by atoms with Gasteiger partial charge in [-0.3, -0.25) is 0 Å². The van der Waals surface area contributed by atoms with Crippen LogP contribution in [0.2, 0.25) is 0 Å². The molecule has 1 radical (unpaired) electrons. The van der Waals surface area contributed by atoms with E-state index in [1.54, 1.807) is 0 Å². The van der Waals surface area contributed by atoms with Crippen molar-refractivity contribution in [1.29, 1.82) is 0 Å². The van der Waals surface area contributed by atoms with Crippen LogP contribution in [0.3, 0.4) is 0 Å². The summed E-state index contributed by atoms with van der Waals surface area (Å²) in [6.07, 6.45) is 8.43. The van der Waals surface area contributed by atoms with Crippen molar-refractivity contribution in [2.75, 3.05) is 0 Å². The smallest absolute Gasteiger partial charge is 0.0323 e. The van der Waals surface area contributed by atoms with Gasteiger partial charge in [0.1, 0.15) is 0 Å². The molecule has 0 aromatic carbocycles. The van der Waals surface area contributed by atoms with Gasteiger partial charge in [0.15, 0.2) is 0 Å². The Balaban J connectivity index is 3.28. The summed E-state index contributed by atoms with van der Waals surface area (Å²) in [5.74, 6) is 0. The Morgan fingerprint density at radius 3 is 2.70 bits per heavy atom. The fourth-order valence-electron chi connectivity index (χ4n) is 0.933. The van der Waals surface area contributed by atoms with Gasteiger partial charge in [-0.05, 0) is 26.2 Å². The Labute approximate surface area is 65.3 Å². The molecule has 0 heteroatoms. The summed E-state index contributed by atoms with van der Waals surface area (Å²) < 4.78 is 0. The lowest BCUT2D eigenvalue weighted by molar-refractivity contribution is 0.804. The summed E-state index contributed by atoms with van der Waals surface area (Å²) in [6.45, 7) is 8.24. The average Bonchev–Trinajstić information content (AvgIpc) is 1.89. The molecular formula is C10H19. The maximum absolute atomic E-state index is 3.81. The highest BCUT2D eigenvalue weighted by Crippen LogP contribution is 2.05. The first-order chi connectivity index (χ1) is 4.81. The first-order valence-electron chi connectivity index (χ1n) is 4.26. The van der Waals surface area contributed by atoms with Crippen molar-refractivity contribution in [3.8, 4) is 0 Å². The first kappa shape index (κ1) is 9.74. The first-order valence-corrected chi connectivity index (χ1v) is 4.26. The molecule has 0 saturated heterocycles. The minimum absolute atomic E-state index is 1.04. The third-order valence-corrected chi connectivity index (χ3v) is 1.62. The standard InChI is InChI=1S/C10H19/c1-4-6-7-9-10(3)8-5-2/h9H,2,4-8H2,1,3H3/b10-9+. The summed E-state index contributed by atoms with van der Waals surface area (Å²) in [7, 11) is 0. The van der Waals surface area contributed by atoms with E-state index in [-0.39, 0.29) is 0 Å². The summed E-state index contributed by atoms with van der Waals surface area (Å²) in [6, 6.07) is 0. The second kappa shape index (κ2) is 6.85. The number of rotatable bonds is 5. The molecular weight excluding hydrogens is 120 g/mol. The van der Waals surface area contributed by atoms with Crippen LogP contribution in [0.1, 0.15) is 46.0 Å². The van der Waals surface area contributed by atoms with Crippen molar-refractivity contribution in [2.24, 2.45) is 0 Å². The van der Waals surface area contributed by atoms with E-state index < -0.39 is 0 Å². The van der Waals surface area contributed by atoms with Crippen LogP contribution in [0.5, 0.6) is 0 Å². The number of hydrogen-bond acceptors (Lipinski definition) is 0. The molecule has 0 aliphatic rings. The molecule has 0 aliphatic carbocycles. The maximum Gasteiger partial charge on any atom is -0.0323 e. The van der Waals surface area contributed by atoms with Gasteiger partial charge in [-0.25, -0.2) is 0 Å². The van der Waals surface area contributed by atoms with Crippen molar-refractivity contribution in [1.82, 2.24) is 0 Å². The van der Waals surface area contributed by atoms with Gasteiger partial charge < -0.3 is 0 Å². The molecule has 0 saturated carbocycles. The third-order valence-electron chi connectivity index (χ3n) is 1.62. The van der Waals surface area contributed by atoms with Crippen molar-refractivity contribution in [2.45, 2.75) is 46.0 Å². The van der Waals surface area contributed by atoms with Gasteiger partial charge in [0.25, 0.3) is 0 Å². The molecule has 0 spiro atoms. The van der Waals surface area contributed by atoms with Crippen molar-refractivity contribution < 1.29 is 0 Å². The Morgan fingerprint density at radius 2 is 2.20 bits per heavy atom. The SMILES string of the molecule is [CH2]CC/C(C)=C/CCCC. The normalized spacial score (nSPS) is 12.1. The Morgan fingerprint density at radius 1 is 1.50 bits per heavy atom. The van der Waals surface area contributed by atoms with E-state index in [9.17, 15) is 0 Å². The van der Waals surface area contributed by atoms with E-state index in [2.05, 4.69) is 26.8 Å². The molecule has 0 heterocycles. The lowest BCUT2D eigenvalue weighted by Crippen LogP contribution is -1.75. The molecule has 0 N–H and O–H groups in total. The topological polar surface area (TPSA) is 0 Å². The van der Waals surface area contributed by atoms with Gasteiger partial charge in [0.05, 0.1) is 0 Å². The van der Waals surface area contributed by atoms with Crippen LogP contribution in [0.25, 0.3) is 0 Å². The van der Waals surface area contributed by atoms with Crippen molar-refractivity contribution in [3.63, 3.8) is 0 Å². The van der Waals surface area contributed by atoms with Crippen molar-refractivity contribution >= 4 is 0 Å². The van der Waals surface area contributed by atoms with Gasteiger partial charge >= 0.3 is 0 Å². The summed E-state index contributed by atoms with van der Waals surface area (Å²) >= 11 is 0. The molecule has 0 rings (SSSR count). The molecule has 0 bridgehead atoms. The van der Waals surface area contributed by atoms with Gasteiger partial charge in [0, 0.05) is 0 Å². The predicted octanol–water partition coefficient (Wildman–Crippen LogP) is 3.74. The van der Waals surface area contributed by atoms with Crippen molar-refractivity contribution in [3.05, 3.63) is 18.6 Å². The third kappa shape index (κ3) is 5.87. The molecule has 0 aliphatic heterocycles. The van der Waals surface area contributed by atoms with E-state index in [0.717, 1.165) is 6.42 Å². The molecule has 0 aromatic heterocycles. The van der Waals surface area contributed by atoms with Gasteiger partial charge in [-0.1, -0.05) is 38.3 Å². The second-order valence-corrected chi connectivity index (χ2v) is 2.80. The fraction of sp³-hybridized carbons (Fsp3) is 0.700. The van der Waals surface area contributed by atoms with Crippen LogP contribution in [0.4, 0.5) is 0 Å². The number of allylic oxidation sites excluding steroid dienone is 2. The zero-order valence-corrected chi connectivity index (χ0v) is 7.32. The molecule has 0 nitrogen and oxygen atoms in total. The monoisotopic (exact) mass is 139 g/mol. The highest BCUT2D eigenvalue weighted by molar-refractivity contribution is 4.97. The molecule has 0 unspecified atom stereocenters. The van der Waals surface area contributed by atoms with E-state index in [1.165, 1.54) is 31.3 Å². The zero-order chi connectivity index (χ0) is 7.82. The second-order valence-electron chi connectivity index (χ2n) is 2.80. The molecule has 0 atom stereocenters. The summed E-state index contributed by atoms with van der Waals surface area (Å²) in [4.78, 5) is 0. The fourth-order valence-corrected chi connectivity index (χ4v) is 0.933. The Bertz CT molecular complexity index is 90.2. The van der Waals surface area contributed by atoms with E-state index in [0.29, 0.717) is 0 Å². The Hall–Kier alpha value is -0.260. The van der Waals surface area contributed by atoms with E-state index >= 15 is 0 Å². The average molecular weight is 139 g/mol. The molecule has 59 valence electrons. The van der Waals surface area contributed by atoms with E-state index in [1.807, 2.05) is 0 Å². The van der Waals surface area contributed by atoms with Gasteiger partial charge in [0.2, 0.25) is 0 Å². The molecule has 10 heavy (non-hydrogen) atoms. The van der Waals surface area contributed by atoms with E-state index in [4.69, 9.17) is 0 Å². The van der Waals surface area contributed by atoms with Crippen LogP contribution < -0.4 is 0 Å². The molecule has 0 fully saturated rings. The molecule has 0 aromatic rings. The van der Waals surface area contributed by atoms with Gasteiger partial charge in [-0.2, -0.15) is 0 Å². The predicted molar refractivity (Wildman–Crippen MR) is 47.9 cm³/mol. The number of hydrogen-bond donors (Lipinski definition) is 0. The van der Waals surface area contributed by atoms with Crippen LogP contribution in [0, 0.1) is 6.92 Å². The molecule has 0 amide bonds. The highest BCUT2D eigenvalue weighted by atomic mass is 13.9. The van der Waals surface area contributed by atoms with Crippen LogP contribution in [0.15, 0.2) is 11.6 Å². The lowest BCUT2D eigenvalue weighted by Gasteiger charge is -1.96. The summed E-state index contributed by atoms with van der Waals surface area (Å²) in [5, 5.41) is 0. The largest absolute Gasteiger partial charge is 0.0856 e. The Kier molecular flexibility index (Phi) is 6.68. The quantitative estimate of drug-likeness (QED) is 0.402. The zero-order valence-electron chi connectivity index (χ0n) is 7.32. The lowest BCUT2D eigenvalue weighted by atomic mass is 10.1. The van der Waals surface area contributed by atoms with Crippen LogP contribution in [-0.2, 0) is 0 Å².